The van der Waals surface area contributed by atoms with Crippen LogP contribution in [0.25, 0.3) is 0 Å². The van der Waals surface area contributed by atoms with Crippen molar-refractivity contribution < 1.29 is 14.3 Å². The lowest BCUT2D eigenvalue weighted by atomic mass is 10.1. The molecule has 0 saturated heterocycles. The molecule has 0 saturated carbocycles. The molecule has 5 heteroatoms. The molecular formula is C14H20ClNO3. The normalized spacial score (nSPS) is 10.6. The predicted molar refractivity (Wildman–Crippen MR) is 77.0 cm³/mol. The van der Waals surface area contributed by atoms with Crippen LogP contribution in [0.1, 0.15) is 19.4 Å². The molecule has 0 N–H and O–H groups in total. The third-order valence-corrected chi connectivity index (χ3v) is 2.87. The molecule has 0 heterocycles. The summed E-state index contributed by atoms with van der Waals surface area (Å²) in [4.78, 5) is 13.5. The summed E-state index contributed by atoms with van der Waals surface area (Å²) in [7, 11) is 1.57. The van der Waals surface area contributed by atoms with Gasteiger partial charge in [-0.3, -0.25) is 9.69 Å². The van der Waals surface area contributed by atoms with Crippen LogP contribution in [0.5, 0.6) is 5.75 Å². The largest absolute Gasteiger partial charge is 0.495 e. The monoisotopic (exact) mass is 285 g/mol. The van der Waals surface area contributed by atoms with Gasteiger partial charge in [0.25, 0.3) is 0 Å². The Kier molecular flexibility index (Phi) is 6.12. The molecule has 0 aromatic heterocycles. The van der Waals surface area contributed by atoms with Gasteiger partial charge in [-0.2, -0.15) is 0 Å². The van der Waals surface area contributed by atoms with Crippen molar-refractivity contribution in [3.8, 4) is 5.75 Å². The molecular weight excluding hydrogens is 266 g/mol. The Morgan fingerprint density at radius 1 is 1.42 bits per heavy atom. The number of hydrogen-bond acceptors (Lipinski definition) is 3. The fraction of sp³-hybridized carbons (Fsp3) is 0.500. The lowest BCUT2D eigenvalue weighted by molar-refractivity contribution is -0.117. The summed E-state index contributed by atoms with van der Waals surface area (Å²) in [5.41, 5.74) is 1.64. The van der Waals surface area contributed by atoms with E-state index in [4.69, 9.17) is 21.1 Å². The van der Waals surface area contributed by atoms with Gasteiger partial charge in [0.1, 0.15) is 18.4 Å². The van der Waals surface area contributed by atoms with Crippen molar-refractivity contribution in [2.45, 2.75) is 26.9 Å². The second-order valence-corrected chi connectivity index (χ2v) is 4.69. The second-order valence-electron chi connectivity index (χ2n) is 4.43. The minimum atomic E-state index is -0.213. The van der Waals surface area contributed by atoms with Gasteiger partial charge in [-0.05, 0) is 32.4 Å². The number of hydrogen-bond donors (Lipinski definition) is 0. The molecule has 0 aliphatic carbocycles. The van der Waals surface area contributed by atoms with E-state index in [9.17, 15) is 4.79 Å². The van der Waals surface area contributed by atoms with Crippen molar-refractivity contribution in [2.75, 3.05) is 24.6 Å². The summed E-state index contributed by atoms with van der Waals surface area (Å²) in [5, 5.41) is 0. The predicted octanol–water partition coefficient (Wildman–Crippen LogP) is 2.96. The average Bonchev–Trinajstić information content (AvgIpc) is 2.39. The van der Waals surface area contributed by atoms with Gasteiger partial charge in [-0.15, -0.1) is 11.6 Å². The number of alkyl halides is 1. The molecule has 106 valence electrons. The Labute approximate surface area is 119 Å². The number of rotatable bonds is 6. The molecule has 0 bridgehead atoms. The number of carbonyl (C=O) groups is 1. The van der Waals surface area contributed by atoms with Crippen molar-refractivity contribution >= 4 is 23.2 Å². The first-order valence-electron chi connectivity index (χ1n) is 6.12. The van der Waals surface area contributed by atoms with Gasteiger partial charge in [0.15, 0.2) is 0 Å². The van der Waals surface area contributed by atoms with Crippen LogP contribution in [-0.4, -0.2) is 31.7 Å². The maximum absolute atomic E-state index is 12.0. The lowest BCUT2D eigenvalue weighted by Crippen LogP contribution is -2.36. The van der Waals surface area contributed by atoms with E-state index in [1.54, 1.807) is 7.11 Å². The molecule has 0 fully saturated rings. The molecule has 0 spiro atoms. The zero-order chi connectivity index (χ0) is 14.4. The van der Waals surface area contributed by atoms with Crippen LogP contribution in [0.3, 0.4) is 0 Å². The van der Waals surface area contributed by atoms with Gasteiger partial charge < -0.3 is 9.47 Å². The topological polar surface area (TPSA) is 38.8 Å². The summed E-state index contributed by atoms with van der Waals surface area (Å²) in [5.74, 6) is 0.319. The first kappa shape index (κ1) is 15.8. The van der Waals surface area contributed by atoms with Crippen LogP contribution in [0.2, 0.25) is 0 Å². The van der Waals surface area contributed by atoms with E-state index in [1.807, 2.05) is 39.0 Å². The molecule has 19 heavy (non-hydrogen) atoms. The Morgan fingerprint density at radius 2 is 2.11 bits per heavy atom. The maximum Gasteiger partial charge on any atom is 0.243 e. The van der Waals surface area contributed by atoms with Gasteiger partial charge in [0.05, 0.1) is 18.9 Å². The third kappa shape index (κ3) is 4.11. The van der Waals surface area contributed by atoms with Gasteiger partial charge >= 0.3 is 0 Å². The van der Waals surface area contributed by atoms with Crippen LogP contribution in [0, 0.1) is 6.92 Å². The van der Waals surface area contributed by atoms with E-state index in [1.165, 1.54) is 4.90 Å². The fourth-order valence-corrected chi connectivity index (χ4v) is 1.84. The summed E-state index contributed by atoms with van der Waals surface area (Å²) < 4.78 is 10.8. The number of anilines is 1. The molecule has 0 unspecified atom stereocenters. The SMILES string of the molecule is COc1cccc(C)c1N(COC(C)C)C(=O)CCl. The van der Waals surface area contributed by atoms with E-state index < -0.39 is 0 Å². The smallest absolute Gasteiger partial charge is 0.243 e. The number of methoxy groups -OCH3 is 1. The maximum atomic E-state index is 12.0. The van der Waals surface area contributed by atoms with E-state index in [0.717, 1.165) is 5.56 Å². The first-order valence-corrected chi connectivity index (χ1v) is 6.66. The number of aryl methyl sites for hydroxylation is 1. The molecule has 1 aromatic carbocycles. The molecule has 1 amide bonds. The number of nitrogens with zero attached hydrogens (tertiary/aromatic N) is 1. The standard InChI is InChI=1S/C14H20ClNO3/c1-10(2)19-9-16(13(17)8-15)14-11(3)6-5-7-12(14)18-4/h5-7,10H,8-9H2,1-4H3. The first-order chi connectivity index (χ1) is 9.01. The van der Waals surface area contributed by atoms with Gasteiger partial charge in [0, 0.05) is 0 Å². The molecule has 1 aromatic rings. The van der Waals surface area contributed by atoms with Crippen LogP contribution in [0.15, 0.2) is 18.2 Å². The zero-order valence-electron chi connectivity index (χ0n) is 11.8. The van der Waals surface area contributed by atoms with Crippen molar-refractivity contribution in [1.82, 2.24) is 0 Å². The summed E-state index contributed by atoms with van der Waals surface area (Å²) in [6.45, 7) is 5.91. The molecule has 0 aliphatic heterocycles. The van der Waals surface area contributed by atoms with Crippen molar-refractivity contribution in [3.63, 3.8) is 0 Å². The van der Waals surface area contributed by atoms with Crippen molar-refractivity contribution in [2.24, 2.45) is 0 Å². The minimum absolute atomic E-state index is 0.0284. The summed E-state index contributed by atoms with van der Waals surface area (Å²) >= 11 is 5.67. The number of carbonyl (C=O) groups excluding carboxylic acids is 1. The zero-order valence-corrected chi connectivity index (χ0v) is 12.5. The second kappa shape index (κ2) is 7.36. The Morgan fingerprint density at radius 3 is 2.63 bits per heavy atom. The molecule has 0 atom stereocenters. The number of para-hydroxylation sites is 1. The van der Waals surface area contributed by atoms with E-state index in [2.05, 4.69) is 0 Å². The lowest BCUT2D eigenvalue weighted by Gasteiger charge is -2.26. The average molecular weight is 286 g/mol. The van der Waals surface area contributed by atoms with E-state index in [-0.39, 0.29) is 24.6 Å². The fourth-order valence-electron chi connectivity index (χ4n) is 1.70. The highest BCUT2D eigenvalue weighted by Crippen LogP contribution is 2.32. The van der Waals surface area contributed by atoms with Crippen LogP contribution in [0.4, 0.5) is 5.69 Å². The third-order valence-electron chi connectivity index (χ3n) is 2.64. The minimum Gasteiger partial charge on any atom is -0.495 e. The molecule has 0 radical (unpaired) electrons. The van der Waals surface area contributed by atoms with Gasteiger partial charge in [0.2, 0.25) is 5.91 Å². The number of amides is 1. The van der Waals surface area contributed by atoms with Crippen molar-refractivity contribution in [1.29, 1.82) is 0 Å². The Bertz CT molecular complexity index is 435. The highest BCUT2D eigenvalue weighted by Gasteiger charge is 2.21. The van der Waals surface area contributed by atoms with Gasteiger partial charge in [-0.1, -0.05) is 12.1 Å². The molecule has 4 nitrogen and oxygen atoms in total. The Balaban J connectivity index is 3.13. The van der Waals surface area contributed by atoms with Crippen LogP contribution >= 0.6 is 11.6 Å². The van der Waals surface area contributed by atoms with E-state index >= 15 is 0 Å². The van der Waals surface area contributed by atoms with Gasteiger partial charge in [-0.25, -0.2) is 0 Å². The number of halogens is 1. The number of benzene rings is 1. The van der Waals surface area contributed by atoms with Crippen molar-refractivity contribution in [3.05, 3.63) is 23.8 Å². The summed E-state index contributed by atoms with van der Waals surface area (Å²) in [6.07, 6.45) is 0.0284. The number of ether oxygens (including phenoxy) is 2. The summed E-state index contributed by atoms with van der Waals surface area (Å²) in [6, 6.07) is 5.61. The van der Waals surface area contributed by atoms with Crippen LogP contribution in [-0.2, 0) is 9.53 Å². The highest BCUT2D eigenvalue weighted by atomic mass is 35.5. The molecule has 0 aliphatic rings. The highest BCUT2D eigenvalue weighted by molar-refractivity contribution is 6.29. The quantitative estimate of drug-likeness (QED) is 0.596. The van der Waals surface area contributed by atoms with Crippen LogP contribution < -0.4 is 9.64 Å². The van der Waals surface area contributed by atoms with E-state index in [0.29, 0.717) is 11.4 Å². The molecule has 1 rings (SSSR count). The Hall–Kier alpha value is -1.26.